The Morgan fingerprint density at radius 2 is 1.02 bits per heavy atom. The molecule has 3 unspecified atom stereocenters. The summed E-state index contributed by atoms with van der Waals surface area (Å²) in [6, 6.07) is -0.746. The van der Waals surface area contributed by atoms with Gasteiger partial charge in [0.05, 0.1) is 25.2 Å². The molecule has 0 saturated carbocycles. The van der Waals surface area contributed by atoms with E-state index in [-0.39, 0.29) is 24.9 Å². The Labute approximate surface area is 363 Å². The maximum absolute atomic E-state index is 13.1. The average molecular weight is 820 g/mol. The Morgan fingerprint density at radius 3 is 1.58 bits per heavy atom. The van der Waals surface area contributed by atoms with E-state index in [4.69, 9.17) is 4.74 Å². The van der Waals surface area contributed by atoms with Crippen LogP contribution in [0.5, 0.6) is 0 Å². The van der Waals surface area contributed by atoms with Gasteiger partial charge in [-0.1, -0.05) is 227 Å². The molecule has 6 heteroatoms. The van der Waals surface area contributed by atoms with Crippen molar-refractivity contribution in [3.05, 3.63) is 97.2 Å². The molecule has 6 nitrogen and oxygen atoms in total. The number of esters is 1. The van der Waals surface area contributed by atoms with Crippen LogP contribution in [-0.2, 0) is 14.3 Å². The third-order valence-corrected chi connectivity index (χ3v) is 10.3. The fourth-order valence-electron chi connectivity index (χ4n) is 6.70. The van der Waals surface area contributed by atoms with Crippen molar-refractivity contribution in [3.8, 4) is 0 Å². The second kappa shape index (κ2) is 45.9. The van der Waals surface area contributed by atoms with E-state index < -0.39 is 18.2 Å². The van der Waals surface area contributed by atoms with Gasteiger partial charge in [-0.25, -0.2) is 0 Å². The Bertz CT molecular complexity index is 1190. The molecular formula is C53H89NO5. The molecule has 0 bridgehead atoms. The molecule has 0 aliphatic carbocycles. The summed E-state index contributed by atoms with van der Waals surface area (Å²) in [7, 11) is 0. The van der Waals surface area contributed by atoms with Gasteiger partial charge in [0.25, 0.3) is 0 Å². The number of nitrogens with one attached hydrogen (secondary N) is 1. The van der Waals surface area contributed by atoms with Gasteiger partial charge in [-0.15, -0.1) is 0 Å². The van der Waals surface area contributed by atoms with E-state index in [0.29, 0.717) is 19.3 Å². The average Bonchev–Trinajstić information content (AvgIpc) is 3.23. The van der Waals surface area contributed by atoms with Crippen LogP contribution < -0.4 is 5.32 Å². The monoisotopic (exact) mass is 820 g/mol. The van der Waals surface area contributed by atoms with Crippen molar-refractivity contribution in [1.82, 2.24) is 5.32 Å². The third kappa shape index (κ3) is 41.3. The Balaban J connectivity index is 4.70. The summed E-state index contributed by atoms with van der Waals surface area (Å²) in [5.41, 5.74) is 0. The molecule has 3 atom stereocenters. The van der Waals surface area contributed by atoms with Gasteiger partial charge in [0.15, 0.2) is 0 Å². The van der Waals surface area contributed by atoms with Crippen LogP contribution in [-0.4, -0.2) is 46.9 Å². The van der Waals surface area contributed by atoms with Gasteiger partial charge < -0.3 is 20.3 Å². The molecule has 0 saturated heterocycles. The van der Waals surface area contributed by atoms with E-state index in [1.807, 2.05) is 54.7 Å². The first-order valence-electron chi connectivity index (χ1n) is 24.0. The standard InChI is InChI=1S/C53H89NO5/c1-4-7-10-13-16-19-22-24-25-26-28-31-34-37-40-43-46-53(58)59-49(44-41-38-35-32-29-21-18-15-12-9-6-3)47-52(57)54-50(48-55)51(56)45-42-39-36-33-30-27-23-20-17-14-11-8-5-2/h7,9-10,12,15-16,18-19,21,24-25,29,32,35,38,41,49-51,55-56H,4-6,8,11,13-14,17,20,22-23,26-28,30-31,33-34,36-37,39-40,42-48H2,1-3H3,(H,54,57)/b10-7+,12-9+,18-15+,19-16+,25-24+,29-21-,35-32-,41-38+. The second-order valence-electron chi connectivity index (χ2n) is 15.9. The third-order valence-electron chi connectivity index (χ3n) is 10.3. The van der Waals surface area contributed by atoms with Gasteiger partial charge >= 0.3 is 5.97 Å². The molecule has 3 N–H and O–H groups in total. The van der Waals surface area contributed by atoms with Crippen LogP contribution in [0.2, 0.25) is 0 Å². The van der Waals surface area contributed by atoms with Crippen molar-refractivity contribution in [2.45, 2.75) is 219 Å². The maximum atomic E-state index is 13.1. The summed E-state index contributed by atoms with van der Waals surface area (Å²) in [6.45, 7) is 6.17. The molecule has 0 heterocycles. The minimum Gasteiger partial charge on any atom is -0.461 e. The summed E-state index contributed by atoms with van der Waals surface area (Å²) in [5, 5.41) is 23.6. The first-order valence-corrected chi connectivity index (χ1v) is 24.0. The van der Waals surface area contributed by atoms with Crippen LogP contribution in [0.4, 0.5) is 0 Å². The number of carbonyl (C=O) groups excluding carboxylic acids is 2. The highest BCUT2D eigenvalue weighted by Gasteiger charge is 2.23. The number of carbonyl (C=O) groups is 2. The zero-order valence-corrected chi connectivity index (χ0v) is 38.1. The lowest BCUT2D eigenvalue weighted by atomic mass is 10.0. The van der Waals surface area contributed by atoms with E-state index in [9.17, 15) is 19.8 Å². The summed E-state index contributed by atoms with van der Waals surface area (Å²) >= 11 is 0. The molecule has 0 rings (SSSR count). The topological polar surface area (TPSA) is 95.9 Å². The highest BCUT2D eigenvalue weighted by atomic mass is 16.5. The molecule has 0 aliphatic heterocycles. The van der Waals surface area contributed by atoms with Gasteiger partial charge in [-0.3, -0.25) is 9.59 Å². The zero-order chi connectivity index (χ0) is 43.1. The zero-order valence-electron chi connectivity index (χ0n) is 38.1. The fourth-order valence-corrected chi connectivity index (χ4v) is 6.70. The van der Waals surface area contributed by atoms with Crippen LogP contribution in [0.25, 0.3) is 0 Å². The summed E-state index contributed by atoms with van der Waals surface area (Å²) in [5.74, 6) is -0.631. The van der Waals surface area contributed by atoms with Gasteiger partial charge in [0.2, 0.25) is 5.91 Å². The predicted octanol–water partition coefficient (Wildman–Crippen LogP) is 14.2. The van der Waals surface area contributed by atoms with Crippen molar-refractivity contribution in [3.63, 3.8) is 0 Å². The smallest absolute Gasteiger partial charge is 0.306 e. The van der Waals surface area contributed by atoms with E-state index >= 15 is 0 Å². The lowest BCUT2D eigenvalue weighted by Gasteiger charge is -2.24. The SMILES string of the molecule is CC/C=C/C=C/C=C\C=C/C=C/CC(CC(=O)NC(CO)C(O)CCCCCCCCCCCCCCC)OC(=O)CCCCCCCC/C=C/C/C=C/C/C=C/CC. The molecule has 0 aromatic carbocycles. The predicted molar refractivity (Wildman–Crippen MR) is 254 cm³/mol. The van der Waals surface area contributed by atoms with Crippen molar-refractivity contribution in [1.29, 1.82) is 0 Å². The van der Waals surface area contributed by atoms with E-state index in [2.05, 4.69) is 68.6 Å². The second-order valence-corrected chi connectivity index (χ2v) is 15.9. The van der Waals surface area contributed by atoms with Crippen LogP contribution in [0.3, 0.4) is 0 Å². The maximum Gasteiger partial charge on any atom is 0.306 e. The van der Waals surface area contributed by atoms with E-state index in [1.54, 1.807) is 0 Å². The first-order chi connectivity index (χ1) is 29.0. The quantitative estimate of drug-likeness (QED) is 0.0247. The molecule has 59 heavy (non-hydrogen) atoms. The molecule has 336 valence electrons. The number of hydrogen-bond acceptors (Lipinski definition) is 5. The molecule has 0 radical (unpaired) electrons. The van der Waals surface area contributed by atoms with Crippen molar-refractivity contribution < 1.29 is 24.5 Å². The Morgan fingerprint density at radius 1 is 0.542 bits per heavy atom. The molecule has 0 aromatic heterocycles. The van der Waals surface area contributed by atoms with Crippen molar-refractivity contribution >= 4 is 11.9 Å². The van der Waals surface area contributed by atoms with Crippen LogP contribution in [0, 0.1) is 0 Å². The molecule has 0 fully saturated rings. The number of aliphatic hydroxyl groups is 2. The Kier molecular flexibility index (Phi) is 43.4. The summed E-state index contributed by atoms with van der Waals surface area (Å²) < 4.78 is 5.82. The number of unbranched alkanes of at least 4 members (excludes halogenated alkanes) is 18. The van der Waals surface area contributed by atoms with Crippen LogP contribution in [0.15, 0.2) is 97.2 Å². The molecular weight excluding hydrogens is 731 g/mol. The molecule has 0 aliphatic rings. The number of ether oxygens (including phenoxy) is 1. The molecule has 0 aromatic rings. The molecule has 1 amide bonds. The molecule has 0 spiro atoms. The van der Waals surface area contributed by atoms with Crippen molar-refractivity contribution in [2.24, 2.45) is 0 Å². The minimum absolute atomic E-state index is 0.0290. The first kappa shape index (κ1) is 55.8. The van der Waals surface area contributed by atoms with E-state index in [1.165, 1.54) is 77.0 Å². The van der Waals surface area contributed by atoms with Crippen LogP contribution >= 0.6 is 0 Å². The highest BCUT2D eigenvalue weighted by Crippen LogP contribution is 2.16. The lowest BCUT2D eigenvalue weighted by Crippen LogP contribution is -2.46. The van der Waals surface area contributed by atoms with E-state index in [0.717, 1.165) is 77.0 Å². The number of rotatable bonds is 41. The highest BCUT2D eigenvalue weighted by molar-refractivity contribution is 5.77. The number of amides is 1. The fraction of sp³-hybridized carbons (Fsp3) is 0.660. The van der Waals surface area contributed by atoms with Gasteiger partial charge in [-0.2, -0.15) is 0 Å². The number of hydrogen-bond donors (Lipinski definition) is 3. The van der Waals surface area contributed by atoms with Crippen molar-refractivity contribution in [2.75, 3.05) is 6.61 Å². The lowest BCUT2D eigenvalue weighted by molar-refractivity contribution is -0.150. The Hall–Kier alpha value is -3.22. The number of allylic oxidation sites excluding steroid dienone is 15. The van der Waals surface area contributed by atoms with Gasteiger partial charge in [0, 0.05) is 12.8 Å². The summed E-state index contributed by atoms with van der Waals surface area (Å²) in [6.07, 6.45) is 60.6. The van der Waals surface area contributed by atoms with Gasteiger partial charge in [0.1, 0.15) is 6.10 Å². The largest absolute Gasteiger partial charge is 0.461 e. The number of aliphatic hydroxyl groups excluding tert-OH is 2. The van der Waals surface area contributed by atoms with Gasteiger partial charge in [-0.05, 0) is 51.4 Å². The minimum atomic E-state index is -0.824. The summed E-state index contributed by atoms with van der Waals surface area (Å²) in [4.78, 5) is 26.0. The van der Waals surface area contributed by atoms with Crippen LogP contribution in [0.1, 0.15) is 201 Å². The normalized spacial score (nSPS) is 14.2.